The number of aromatic nitrogens is 2. The second kappa shape index (κ2) is 7.12. The smallest absolute Gasteiger partial charge is 0.165 e. The molecule has 1 atom stereocenters. The van der Waals surface area contributed by atoms with E-state index in [4.69, 9.17) is 10.1 Å². The molecule has 0 radical (unpaired) electrons. The Balaban J connectivity index is 1.54. The Morgan fingerprint density at radius 1 is 1.26 bits per heavy atom. The minimum absolute atomic E-state index is 0.145. The molecule has 1 aromatic carbocycles. The average molecular weight is 391 g/mol. The summed E-state index contributed by atoms with van der Waals surface area (Å²) in [5, 5.41) is 7.90. The van der Waals surface area contributed by atoms with E-state index >= 15 is 0 Å². The second-order valence-corrected chi connectivity index (χ2v) is 8.50. The van der Waals surface area contributed by atoms with Gasteiger partial charge in [-0.2, -0.15) is 0 Å². The number of nitrogens with one attached hydrogen (secondary N) is 1. The van der Waals surface area contributed by atoms with Gasteiger partial charge in [0.1, 0.15) is 23.1 Å². The highest BCUT2D eigenvalue weighted by Crippen LogP contribution is 2.42. The first-order valence-corrected chi connectivity index (χ1v) is 10.1. The summed E-state index contributed by atoms with van der Waals surface area (Å²) in [7, 11) is 0.125. The van der Waals surface area contributed by atoms with Gasteiger partial charge in [-0.25, -0.2) is 22.9 Å². The van der Waals surface area contributed by atoms with Crippen LogP contribution < -0.4 is 9.64 Å². The summed E-state index contributed by atoms with van der Waals surface area (Å²) in [4.78, 5) is 10.8. The van der Waals surface area contributed by atoms with Gasteiger partial charge in [-0.05, 0) is 30.7 Å². The highest BCUT2D eigenvalue weighted by atomic mass is 32.2. The van der Waals surface area contributed by atoms with Crippen molar-refractivity contribution in [3.63, 3.8) is 0 Å². The molecule has 2 aromatic rings. The molecule has 2 fully saturated rings. The van der Waals surface area contributed by atoms with Gasteiger partial charge in [-0.1, -0.05) is 0 Å². The molecule has 7 nitrogen and oxygen atoms in total. The lowest BCUT2D eigenvalue weighted by Crippen LogP contribution is -2.42. The zero-order valence-electron chi connectivity index (χ0n) is 15.2. The van der Waals surface area contributed by atoms with Gasteiger partial charge in [0.15, 0.2) is 11.6 Å². The Bertz CT molecular complexity index is 901. The molecule has 0 aliphatic carbocycles. The maximum absolute atomic E-state index is 14.2. The minimum atomic E-state index is -1.31. The van der Waals surface area contributed by atoms with E-state index in [9.17, 15) is 8.60 Å². The fraction of sp³-hybridized carbons (Fsp3) is 0.500. The number of benzene rings is 1. The molecular formula is C18H22FN5O2S. The van der Waals surface area contributed by atoms with Crippen LogP contribution in [0.15, 0.2) is 18.5 Å². The molecule has 1 unspecified atom stereocenters. The Morgan fingerprint density at radius 3 is 2.70 bits per heavy atom. The summed E-state index contributed by atoms with van der Waals surface area (Å²) in [6.45, 7) is 3.15. The lowest BCUT2D eigenvalue weighted by Gasteiger charge is -2.40. The predicted molar refractivity (Wildman–Crippen MR) is 103 cm³/mol. The molecule has 1 spiro atoms. The van der Waals surface area contributed by atoms with E-state index in [2.05, 4.69) is 14.9 Å². The van der Waals surface area contributed by atoms with E-state index in [1.165, 1.54) is 19.5 Å². The topological polar surface area (TPSA) is 82.4 Å². The van der Waals surface area contributed by atoms with Crippen LogP contribution in [0.1, 0.15) is 19.3 Å². The zero-order chi connectivity index (χ0) is 19.0. The number of halogens is 1. The van der Waals surface area contributed by atoms with Gasteiger partial charge in [0, 0.05) is 37.6 Å². The van der Waals surface area contributed by atoms with E-state index in [0.717, 1.165) is 56.8 Å². The first-order valence-electron chi connectivity index (χ1n) is 8.95. The molecule has 4 rings (SSSR count). The van der Waals surface area contributed by atoms with Crippen molar-refractivity contribution in [2.45, 2.75) is 19.3 Å². The minimum Gasteiger partial charge on any atom is -0.494 e. The summed E-state index contributed by atoms with van der Waals surface area (Å²) in [6.07, 6.45) is 4.42. The average Bonchev–Trinajstić information content (AvgIpc) is 3.11. The number of nitrogens with zero attached hydrogens (tertiary/aromatic N) is 4. The number of rotatable bonds is 4. The van der Waals surface area contributed by atoms with Crippen molar-refractivity contribution in [1.82, 2.24) is 14.3 Å². The lowest BCUT2D eigenvalue weighted by molar-refractivity contribution is 0.236. The number of hydrogen-bond acceptors (Lipinski definition) is 6. The van der Waals surface area contributed by atoms with E-state index in [0.29, 0.717) is 10.9 Å². The van der Waals surface area contributed by atoms with Crippen molar-refractivity contribution in [2.24, 2.45) is 5.41 Å². The Hall–Kier alpha value is -2.13. The summed E-state index contributed by atoms with van der Waals surface area (Å²) in [5.41, 5.74) is 1.81. The van der Waals surface area contributed by atoms with Gasteiger partial charge in [-0.15, -0.1) is 0 Å². The molecule has 2 aliphatic rings. The first-order chi connectivity index (χ1) is 13.0. The van der Waals surface area contributed by atoms with E-state index in [1.807, 2.05) is 4.31 Å². The van der Waals surface area contributed by atoms with E-state index in [1.54, 1.807) is 6.07 Å². The first kappa shape index (κ1) is 18.2. The Morgan fingerprint density at radius 2 is 2.00 bits per heavy atom. The molecule has 0 bridgehead atoms. The number of hydrogen-bond donors (Lipinski definition) is 1. The van der Waals surface area contributed by atoms with Crippen molar-refractivity contribution in [3.8, 4) is 5.75 Å². The third kappa shape index (κ3) is 3.29. The van der Waals surface area contributed by atoms with E-state index < -0.39 is 16.8 Å². The fourth-order valence-corrected chi connectivity index (χ4v) is 5.00. The SMILES string of the molecule is COc1cc2ncnc(N3CCC4(CC3)CCN(S(=O)C=N)C4)c2cc1F. The monoisotopic (exact) mass is 391 g/mol. The zero-order valence-corrected chi connectivity index (χ0v) is 16.0. The van der Waals surface area contributed by atoms with Crippen LogP contribution in [0.5, 0.6) is 5.75 Å². The molecule has 27 heavy (non-hydrogen) atoms. The summed E-state index contributed by atoms with van der Waals surface area (Å²) in [6, 6.07) is 3.04. The number of fused-ring (bicyclic) bond motifs is 1. The molecule has 2 saturated heterocycles. The molecule has 144 valence electrons. The maximum Gasteiger partial charge on any atom is 0.165 e. The lowest BCUT2D eigenvalue weighted by atomic mass is 9.78. The van der Waals surface area contributed by atoms with Crippen molar-refractivity contribution in [3.05, 3.63) is 24.3 Å². The van der Waals surface area contributed by atoms with Gasteiger partial charge >= 0.3 is 0 Å². The van der Waals surface area contributed by atoms with Crippen molar-refractivity contribution >= 4 is 33.3 Å². The van der Waals surface area contributed by atoms with Crippen LogP contribution in [0.3, 0.4) is 0 Å². The second-order valence-electron chi connectivity index (χ2n) is 7.20. The predicted octanol–water partition coefficient (Wildman–Crippen LogP) is 2.34. The molecule has 0 amide bonds. The highest BCUT2D eigenvalue weighted by Gasteiger charge is 2.42. The van der Waals surface area contributed by atoms with Crippen molar-refractivity contribution in [1.29, 1.82) is 5.41 Å². The Kier molecular flexibility index (Phi) is 4.81. The quantitative estimate of drug-likeness (QED) is 0.639. The van der Waals surface area contributed by atoms with Crippen molar-refractivity contribution < 1.29 is 13.3 Å². The number of piperidine rings is 1. The number of ether oxygens (including phenoxy) is 1. The molecule has 3 heterocycles. The van der Waals surface area contributed by atoms with Crippen LogP contribution in [-0.2, 0) is 11.0 Å². The Labute approximate surface area is 159 Å². The maximum atomic E-state index is 14.2. The van der Waals surface area contributed by atoms with Crippen LogP contribution >= 0.6 is 0 Å². The highest BCUT2D eigenvalue weighted by molar-refractivity contribution is 7.96. The summed E-state index contributed by atoms with van der Waals surface area (Å²) < 4.78 is 33.0. The van der Waals surface area contributed by atoms with Crippen LogP contribution in [0, 0.1) is 16.6 Å². The largest absolute Gasteiger partial charge is 0.494 e. The number of methoxy groups -OCH3 is 1. The van der Waals surface area contributed by atoms with Gasteiger partial charge in [0.2, 0.25) is 0 Å². The molecule has 1 aromatic heterocycles. The van der Waals surface area contributed by atoms with Gasteiger partial charge in [0.05, 0.1) is 18.2 Å². The molecule has 9 heteroatoms. The van der Waals surface area contributed by atoms with Crippen LogP contribution in [-0.4, -0.2) is 57.3 Å². The van der Waals surface area contributed by atoms with Crippen LogP contribution in [0.2, 0.25) is 0 Å². The van der Waals surface area contributed by atoms with Crippen LogP contribution in [0.25, 0.3) is 10.9 Å². The fourth-order valence-electron chi connectivity index (χ4n) is 4.18. The van der Waals surface area contributed by atoms with Gasteiger partial charge in [0.25, 0.3) is 0 Å². The van der Waals surface area contributed by atoms with Crippen LogP contribution in [0.4, 0.5) is 10.2 Å². The van der Waals surface area contributed by atoms with Crippen molar-refractivity contribution in [2.75, 3.05) is 38.2 Å². The van der Waals surface area contributed by atoms with Gasteiger partial charge < -0.3 is 9.64 Å². The standard InChI is InChI=1S/C18H22FN5O2S/c1-26-16-9-15-13(8-14(16)19)17(22-12-21-15)23-5-2-18(3-6-23)4-7-24(10-18)27(25)11-20/h8-9,11-12,20H,2-7,10H2,1H3. The summed E-state index contributed by atoms with van der Waals surface area (Å²) >= 11 is 0. The normalized spacial score (nSPS) is 20.9. The molecule has 1 N–H and O–H groups in total. The third-order valence-electron chi connectivity index (χ3n) is 5.77. The molecule has 0 saturated carbocycles. The summed E-state index contributed by atoms with van der Waals surface area (Å²) in [5.74, 6) is 0.499. The third-order valence-corrected chi connectivity index (χ3v) is 6.79. The van der Waals surface area contributed by atoms with Gasteiger partial charge in [-0.3, -0.25) is 5.41 Å². The molecule has 2 aliphatic heterocycles. The molecular weight excluding hydrogens is 369 g/mol. The van der Waals surface area contributed by atoms with E-state index in [-0.39, 0.29) is 11.2 Å². The number of anilines is 1.